The number of carbonyl (C=O) groups is 3. The van der Waals surface area contributed by atoms with E-state index in [1.165, 1.54) is 0 Å². The van der Waals surface area contributed by atoms with Crippen LogP contribution in [0.2, 0.25) is 0 Å². The molecule has 0 spiro atoms. The van der Waals surface area contributed by atoms with Crippen LogP contribution < -0.4 is 0 Å². The highest BCUT2D eigenvalue weighted by Crippen LogP contribution is 2.30. The Morgan fingerprint density at radius 2 is 1.92 bits per heavy atom. The van der Waals surface area contributed by atoms with Crippen LogP contribution in [0.1, 0.15) is 51.0 Å². The number of hydrogen-bond acceptors (Lipinski definition) is 4. The number of amides is 1. The summed E-state index contributed by atoms with van der Waals surface area (Å²) in [4.78, 5) is 36.3. The Kier molecular flexibility index (Phi) is 6.97. The smallest absolute Gasteiger partial charge is 0.410 e. The fourth-order valence-electron chi connectivity index (χ4n) is 3.27. The predicted molar refractivity (Wildman–Crippen MR) is 90.5 cm³/mol. The van der Waals surface area contributed by atoms with Gasteiger partial charge in [0.25, 0.3) is 0 Å². The van der Waals surface area contributed by atoms with Crippen LogP contribution in [0.4, 0.5) is 4.79 Å². The van der Waals surface area contributed by atoms with Crippen molar-refractivity contribution in [3.05, 3.63) is 35.9 Å². The second kappa shape index (κ2) is 9.21. The fraction of sp³-hybridized carbons (Fsp3) is 0.526. The Balaban J connectivity index is 1.95. The van der Waals surface area contributed by atoms with E-state index in [4.69, 9.17) is 4.74 Å². The number of rotatable bonds is 8. The van der Waals surface area contributed by atoms with Crippen molar-refractivity contribution in [2.24, 2.45) is 0 Å². The van der Waals surface area contributed by atoms with Gasteiger partial charge in [-0.3, -0.25) is 0 Å². The minimum Gasteiger partial charge on any atom is -0.445 e. The van der Waals surface area contributed by atoms with Crippen LogP contribution in [0.5, 0.6) is 0 Å². The zero-order chi connectivity index (χ0) is 17.4. The Bertz CT molecular complexity index is 558. The number of aldehydes is 1. The van der Waals surface area contributed by atoms with Crippen molar-refractivity contribution in [1.82, 2.24) is 4.90 Å². The molecule has 0 aliphatic carbocycles. The summed E-state index contributed by atoms with van der Waals surface area (Å²) in [5.74, 6) is 0.163. The van der Waals surface area contributed by atoms with Gasteiger partial charge in [0.1, 0.15) is 18.7 Å². The molecule has 1 aromatic carbocycles. The molecule has 0 bridgehead atoms. The maximum Gasteiger partial charge on any atom is 0.410 e. The molecule has 0 saturated carbocycles. The SMILES string of the molecule is CC(=O)CCC[C@H]1CC[C@H](CC=O)N1C(=O)OCc1ccccc1. The first kappa shape index (κ1) is 18.2. The lowest BCUT2D eigenvalue weighted by molar-refractivity contribution is -0.117. The average Bonchev–Trinajstić information content (AvgIpc) is 2.96. The van der Waals surface area contributed by atoms with Gasteiger partial charge in [-0.15, -0.1) is 0 Å². The molecular weight excluding hydrogens is 306 g/mol. The number of ketones is 1. The van der Waals surface area contributed by atoms with E-state index in [1.807, 2.05) is 30.3 Å². The molecule has 2 atom stereocenters. The third-order valence-corrected chi connectivity index (χ3v) is 4.47. The highest BCUT2D eigenvalue weighted by atomic mass is 16.6. The van der Waals surface area contributed by atoms with Gasteiger partial charge in [-0.1, -0.05) is 30.3 Å². The van der Waals surface area contributed by atoms with Gasteiger partial charge in [0.15, 0.2) is 0 Å². The molecule has 2 rings (SSSR count). The lowest BCUT2D eigenvalue weighted by atomic mass is 10.1. The first-order chi connectivity index (χ1) is 11.6. The molecule has 5 heteroatoms. The number of hydrogen-bond donors (Lipinski definition) is 0. The van der Waals surface area contributed by atoms with E-state index < -0.39 is 0 Å². The molecule has 0 radical (unpaired) electrons. The summed E-state index contributed by atoms with van der Waals surface area (Å²) < 4.78 is 5.45. The number of likely N-dealkylation sites (tertiary alicyclic amines) is 1. The molecule has 24 heavy (non-hydrogen) atoms. The highest BCUT2D eigenvalue weighted by molar-refractivity contribution is 5.75. The number of ether oxygens (including phenoxy) is 1. The Hall–Kier alpha value is -2.17. The third-order valence-electron chi connectivity index (χ3n) is 4.47. The lowest BCUT2D eigenvalue weighted by Crippen LogP contribution is -2.41. The molecule has 0 unspecified atom stereocenters. The fourth-order valence-corrected chi connectivity index (χ4v) is 3.27. The molecule has 0 aromatic heterocycles. The summed E-state index contributed by atoms with van der Waals surface area (Å²) >= 11 is 0. The second-order valence-corrected chi connectivity index (χ2v) is 6.33. The standard InChI is InChI=1S/C19H25NO4/c1-15(22)6-5-9-17-10-11-18(12-13-21)20(17)19(23)24-14-16-7-3-2-4-8-16/h2-4,7-8,13,17-18H,5-6,9-12,14H2,1H3/t17-,18+/m0/s1. The quantitative estimate of drug-likeness (QED) is 0.684. The Morgan fingerprint density at radius 1 is 1.21 bits per heavy atom. The number of carbonyl (C=O) groups excluding carboxylic acids is 3. The van der Waals surface area contributed by atoms with E-state index in [2.05, 4.69) is 0 Å². The Morgan fingerprint density at radius 3 is 2.58 bits per heavy atom. The van der Waals surface area contributed by atoms with Crippen LogP contribution >= 0.6 is 0 Å². The molecule has 1 aromatic rings. The van der Waals surface area contributed by atoms with E-state index in [1.54, 1.807) is 11.8 Å². The summed E-state index contributed by atoms with van der Waals surface area (Å²) in [6, 6.07) is 9.49. The molecule has 1 saturated heterocycles. The molecule has 1 amide bonds. The topological polar surface area (TPSA) is 63.7 Å². The zero-order valence-electron chi connectivity index (χ0n) is 14.1. The summed E-state index contributed by atoms with van der Waals surface area (Å²) in [6.07, 6.45) is 4.56. The Labute approximate surface area is 143 Å². The minimum atomic E-state index is -0.365. The highest BCUT2D eigenvalue weighted by Gasteiger charge is 2.37. The van der Waals surface area contributed by atoms with E-state index in [-0.39, 0.29) is 30.6 Å². The van der Waals surface area contributed by atoms with Crippen molar-refractivity contribution in [2.45, 2.75) is 64.1 Å². The van der Waals surface area contributed by atoms with Crippen molar-refractivity contribution in [3.63, 3.8) is 0 Å². The van der Waals surface area contributed by atoms with Crippen LogP contribution in [0.15, 0.2) is 30.3 Å². The lowest BCUT2D eigenvalue weighted by Gasteiger charge is -2.29. The van der Waals surface area contributed by atoms with Crippen LogP contribution in [0.25, 0.3) is 0 Å². The molecular formula is C19H25NO4. The van der Waals surface area contributed by atoms with Crippen molar-refractivity contribution in [3.8, 4) is 0 Å². The van der Waals surface area contributed by atoms with Gasteiger partial charge in [-0.25, -0.2) is 4.79 Å². The number of nitrogens with zero attached hydrogens (tertiary/aromatic N) is 1. The van der Waals surface area contributed by atoms with Crippen LogP contribution in [-0.4, -0.2) is 35.1 Å². The monoisotopic (exact) mass is 331 g/mol. The van der Waals surface area contributed by atoms with Gasteiger partial charge in [-0.2, -0.15) is 0 Å². The summed E-state index contributed by atoms with van der Waals surface area (Å²) in [5, 5.41) is 0. The maximum atomic E-state index is 12.5. The molecule has 5 nitrogen and oxygen atoms in total. The van der Waals surface area contributed by atoms with Gasteiger partial charge >= 0.3 is 6.09 Å². The molecule has 130 valence electrons. The molecule has 0 N–H and O–H groups in total. The van der Waals surface area contributed by atoms with Gasteiger partial charge in [-0.05, 0) is 38.2 Å². The van der Waals surface area contributed by atoms with Gasteiger partial charge in [0.05, 0.1) is 0 Å². The van der Waals surface area contributed by atoms with E-state index in [9.17, 15) is 14.4 Å². The molecule has 1 aliphatic rings. The zero-order valence-corrected chi connectivity index (χ0v) is 14.1. The van der Waals surface area contributed by atoms with E-state index in [0.29, 0.717) is 12.8 Å². The second-order valence-electron chi connectivity index (χ2n) is 6.33. The van der Waals surface area contributed by atoms with Gasteiger partial charge in [0, 0.05) is 24.9 Å². The van der Waals surface area contributed by atoms with Gasteiger partial charge in [0.2, 0.25) is 0 Å². The van der Waals surface area contributed by atoms with Gasteiger partial charge < -0.3 is 19.2 Å². The largest absolute Gasteiger partial charge is 0.445 e. The number of Topliss-reactive ketones (excluding diaryl/α,β-unsaturated/α-hetero) is 1. The van der Waals surface area contributed by atoms with Crippen molar-refractivity contribution < 1.29 is 19.1 Å². The summed E-state index contributed by atoms with van der Waals surface area (Å²) in [6.45, 7) is 1.81. The van der Waals surface area contributed by atoms with Crippen molar-refractivity contribution in [2.75, 3.05) is 0 Å². The molecule has 1 fully saturated rings. The number of benzene rings is 1. The predicted octanol–water partition coefficient (Wildman–Crippen LogP) is 3.50. The first-order valence-corrected chi connectivity index (χ1v) is 8.54. The van der Waals surface area contributed by atoms with E-state index in [0.717, 1.165) is 37.5 Å². The molecule has 1 aliphatic heterocycles. The van der Waals surface area contributed by atoms with Crippen LogP contribution in [0.3, 0.4) is 0 Å². The normalized spacial score (nSPS) is 20.0. The third kappa shape index (κ3) is 5.18. The van der Waals surface area contributed by atoms with Crippen LogP contribution in [-0.2, 0) is 20.9 Å². The van der Waals surface area contributed by atoms with E-state index >= 15 is 0 Å². The maximum absolute atomic E-state index is 12.5. The van der Waals surface area contributed by atoms with Crippen LogP contribution in [0, 0.1) is 0 Å². The van der Waals surface area contributed by atoms with Crippen molar-refractivity contribution in [1.29, 1.82) is 0 Å². The summed E-state index contributed by atoms with van der Waals surface area (Å²) in [5.41, 5.74) is 0.935. The van der Waals surface area contributed by atoms with Crippen molar-refractivity contribution >= 4 is 18.2 Å². The summed E-state index contributed by atoms with van der Waals surface area (Å²) in [7, 11) is 0. The molecule has 1 heterocycles. The average molecular weight is 331 g/mol. The minimum absolute atomic E-state index is 0.0533. The first-order valence-electron chi connectivity index (χ1n) is 8.54.